The highest BCUT2D eigenvalue weighted by molar-refractivity contribution is 7.14. The van der Waals surface area contributed by atoms with Crippen molar-refractivity contribution < 1.29 is 9.59 Å². The van der Waals surface area contributed by atoms with Gasteiger partial charge in [0.1, 0.15) is 32.8 Å². The van der Waals surface area contributed by atoms with Gasteiger partial charge in [-0.05, 0) is 25.9 Å². The fourth-order valence-corrected chi connectivity index (χ4v) is 6.88. The minimum absolute atomic E-state index is 0.179. The summed E-state index contributed by atoms with van der Waals surface area (Å²) in [7, 11) is 0. The molecule has 0 aliphatic heterocycles. The van der Waals surface area contributed by atoms with E-state index in [2.05, 4.69) is 41.2 Å². The number of nitrogens with zero attached hydrogens (tertiary/aromatic N) is 4. The third kappa shape index (κ3) is 9.95. The molecule has 226 valence electrons. The fraction of sp³-hybridized carbons (Fsp3) is 0.462. The van der Waals surface area contributed by atoms with Gasteiger partial charge in [-0.2, -0.15) is 0 Å². The maximum absolute atomic E-state index is 12.2. The second-order valence-corrected chi connectivity index (χ2v) is 12.7. The van der Waals surface area contributed by atoms with Crippen LogP contribution in [-0.2, 0) is 12.8 Å². The zero-order valence-electron chi connectivity index (χ0n) is 23.2. The van der Waals surface area contributed by atoms with Crippen molar-refractivity contribution in [1.82, 2.24) is 41.2 Å². The number of thiazole rings is 4. The predicted octanol–water partition coefficient (Wildman–Crippen LogP) is 1.97. The Morgan fingerprint density at radius 3 is 1.48 bits per heavy atom. The van der Waals surface area contributed by atoms with E-state index >= 15 is 0 Å². The maximum Gasteiger partial charge on any atom is 0.270 e. The first kappa shape index (κ1) is 32.2. The van der Waals surface area contributed by atoms with Crippen LogP contribution in [0.15, 0.2) is 21.5 Å². The van der Waals surface area contributed by atoms with Gasteiger partial charge in [-0.1, -0.05) is 0 Å². The van der Waals surface area contributed by atoms with E-state index in [9.17, 15) is 9.59 Å². The Morgan fingerprint density at radius 2 is 1.05 bits per heavy atom. The first-order valence-electron chi connectivity index (χ1n) is 13.8. The Labute approximate surface area is 260 Å². The van der Waals surface area contributed by atoms with Crippen LogP contribution in [0.1, 0.15) is 43.8 Å². The lowest BCUT2D eigenvalue weighted by Crippen LogP contribution is -2.29. The molecule has 16 heteroatoms. The number of carbonyl (C=O) groups is 2. The highest BCUT2D eigenvalue weighted by atomic mass is 32.1. The van der Waals surface area contributed by atoms with Crippen molar-refractivity contribution in [3.63, 3.8) is 0 Å². The van der Waals surface area contributed by atoms with Crippen LogP contribution < -0.4 is 32.7 Å². The van der Waals surface area contributed by atoms with E-state index in [-0.39, 0.29) is 11.8 Å². The van der Waals surface area contributed by atoms with Crippen molar-refractivity contribution >= 4 is 57.2 Å². The number of aromatic nitrogens is 4. The summed E-state index contributed by atoms with van der Waals surface area (Å²) < 4.78 is 0. The smallest absolute Gasteiger partial charge is 0.270 e. The molecular formula is C26H36N10O2S4. The molecule has 4 aromatic heterocycles. The van der Waals surface area contributed by atoms with Crippen molar-refractivity contribution in [2.45, 2.75) is 25.7 Å². The van der Waals surface area contributed by atoms with E-state index in [0.29, 0.717) is 37.6 Å². The third-order valence-corrected chi connectivity index (χ3v) is 9.40. The summed E-state index contributed by atoms with van der Waals surface area (Å²) >= 11 is 6.07. The molecule has 8 N–H and O–H groups in total. The highest BCUT2D eigenvalue weighted by Crippen LogP contribution is 2.26. The summed E-state index contributed by atoms with van der Waals surface area (Å²) in [5.41, 5.74) is 13.4. The Bertz CT molecular complexity index is 1290. The van der Waals surface area contributed by atoms with Crippen LogP contribution in [0.5, 0.6) is 0 Å². The van der Waals surface area contributed by atoms with Crippen LogP contribution in [0.3, 0.4) is 0 Å². The van der Waals surface area contributed by atoms with Crippen LogP contribution in [0, 0.1) is 0 Å². The topological polar surface area (TPSA) is 186 Å². The first-order valence-corrected chi connectivity index (χ1v) is 17.3. The average Bonchev–Trinajstić information content (AvgIpc) is 3.81. The number of nitrogens with two attached hydrogens (primary N) is 2. The minimum atomic E-state index is -0.179. The molecule has 0 unspecified atom stereocenters. The van der Waals surface area contributed by atoms with Crippen LogP contribution in [0.2, 0.25) is 0 Å². The number of amides is 2. The fourth-order valence-electron chi connectivity index (χ4n) is 3.65. The zero-order valence-corrected chi connectivity index (χ0v) is 26.5. The number of hydrogen-bond donors (Lipinski definition) is 6. The van der Waals surface area contributed by atoms with Gasteiger partial charge in [-0.15, -0.1) is 45.3 Å². The van der Waals surface area contributed by atoms with Gasteiger partial charge in [-0.25, -0.2) is 19.9 Å². The molecule has 42 heavy (non-hydrogen) atoms. The lowest BCUT2D eigenvalue weighted by molar-refractivity contribution is 0.0941. The molecule has 4 rings (SSSR count). The molecule has 4 heterocycles. The third-order valence-electron chi connectivity index (χ3n) is 5.86. The van der Waals surface area contributed by atoms with E-state index in [1.165, 1.54) is 22.7 Å². The number of nitrogens with one attached hydrogen (secondary N) is 4. The molecule has 0 atom stereocenters. The van der Waals surface area contributed by atoms with E-state index in [1.807, 2.05) is 10.8 Å². The summed E-state index contributed by atoms with van der Waals surface area (Å²) in [6.45, 7) is 5.55. The normalized spacial score (nSPS) is 11.2. The summed E-state index contributed by atoms with van der Waals surface area (Å²) in [6, 6.07) is 0. The average molecular weight is 649 g/mol. The number of rotatable bonds is 19. The number of carbonyl (C=O) groups excluding carboxylic acids is 2. The van der Waals surface area contributed by atoms with Gasteiger partial charge in [-0.3, -0.25) is 9.59 Å². The molecule has 0 bridgehead atoms. The molecule has 0 radical (unpaired) electrons. The quantitative estimate of drug-likeness (QED) is 0.0821. The van der Waals surface area contributed by atoms with Gasteiger partial charge in [0.15, 0.2) is 0 Å². The summed E-state index contributed by atoms with van der Waals surface area (Å²) in [4.78, 5) is 42.6. The van der Waals surface area contributed by atoms with Crippen molar-refractivity contribution in [2.75, 3.05) is 52.4 Å². The summed E-state index contributed by atoms with van der Waals surface area (Å²) in [5, 5.41) is 23.6. The molecule has 0 saturated carbocycles. The van der Waals surface area contributed by atoms with Gasteiger partial charge in [0.2, 0.25) is 0 Å². The van der Waals surface area contributed by atoms with Gasteiger partial charge >= 0.3 is 0 Å². The van der Waals surface area contributed by atoms with E-state index in [1.54, 1.807) is 33.4 Å². The van der Waals surface area contributed by atoms with Gasteiger partial charge in [0.25, 0.3) is 11.8 Å². The van der Waals surface area contributed by atoms with E-state index in [0.717, 1.165) is 83.3 Å². The van der Waals surface area contributed by atoms with Gasteiger partial charge in [0, 0.05) is 73.6 Å². The maximum atomic E-state index is 12.2. The lowest BCUT2D eigenvalue weighted by atomic mass is 10.4. The van der Waals surface area contributed by atoms with Gasteiger partial charge in [0.05, 0.1) is 10.0 Å². The van der Waals surface area contributed by atoms with Crippen LogP contribution in [-0.4, -0.2) is 84.1 Å². The zero-order chi connectivity index (χ0) is 29.6. The summed E-state index contributed by atoms with van der Waals surface area (Å²) in [5.74, 6) is -0.358. The second-order valence-electron chi connectivity index (χ2n) is 9.13. The summed E-state index contributed by atoms with van der Waals surface area (Å²) in [6.07, 6.45) is 3.15. The molecule has 0 spiro atoms. The van der Waals surface area contributed by atoms with Crippen molar-refractivity contribution in [1.29, 1.82) is 0 Å². The van der Waals surface area contributed by atoms with Gasteiger partial charge < -0.3 is 32.7 Å². The highest BCUT2D eigenvalue weighted by Gasteiger charge is 2.15. The largest absolute Gasteiger partial charge is 0.351 e. The standard InChI is InChI=1S/C26H36N10O2S4/c27-5-1-7-31-23(37)17-13-41-25(35-17)19-15-39-21(33-19)3-9-29-11-12-30-10-4-22-34-20(16-40-22)26-36-18(14-42-26)24(38)32-8-2-6-28/h13-16,29-30H,1-12,27-28H2,(H,31,37)(H,32,38). The Hall–Kier alpha value is -2.70. The Kier molecular flexibility index (Phi) is 13.4. The van der Waals surface area contributed by atoms with Crippen molar-refractivity contribution in [3.05, 3.63) is 42.9 Å². The SMILES string of the molecule is NCCCNC(=O)c1csc(-c2csc(CCNCCNCCc3nc(-c4nc(C(=O)NCCCN)cs4)cs3)n2)n1. The molecule has 0 aliphatic carbocycles. The number of hydrogen-bond acceptors (Lipinski definition) is 14. The Morgan fingerprint density at radius 1 is 0.595 bits per heavy atom. The molecule has 0 aromatic carbocycles. The monoisotopic (exact) mass is 648 g/mol. The minimum Gasteiger partial charge on any atom is -0.351 e. The lowest BCUT2D eigenvalue weighted by Gasteiger charge is -2.05. The van der Waals surface area contributed by atoms with Crippen LogP contribution in [0.4, 0.5) is 0 Å². The molecule has 12 nitrogen and oxygen atoms in total. The second kappa shape index (κ2) is 17.4. The molecule has 4 aromatic rings. The molecular weight excluding hydrogens is 613 g/mol. The van der Waals surface area contributed by atoms with Crippen molar-refractivity contribution in [3.8, 4) is 21.4 Å². The molecule has 0 aliphatic rings. The van der Waals surface area contributed by atoms with E-state index in [4.69, 9.17) is 11.5 Å². The molecule has 0 saturated heterocycles. The molecule has 0 fully saturated rings. The predicted molar refractivity (Wildman–Crippen MR) is 172 cm³/mol. The first-order chi connectivity index (χ1) is 20.6. The van der Waals surface area contributed by atoms with Crippen molar-refractivity contribution in [2.24, 2.45) is 11.5 Å². The van der Waals surface area contributed by atoms with E-state index < -0.39 is 0 Å². The van der Waals surface area contributed by atoms with Crippen LogP contribution >= 0.6 is 45.3 Å². The molecule has 2 amide bonds. The Balaban J connectivity index is 1.08. The van der Waals surface area contributed by atoms with Crippen LogP contribution in [0.25, 0.3) is 21.4 Å².